The number of amides is 1. The zero-order valence-electron chi connectivity index (χ0n) is 16.7. The molecule has 4 nitrogen and oxygen atoms in total. The smallest absolute Gasteiger partial charge is 0.257 e. The lowest BCUT2D eigenvalue weighted by molar-refractivity contribution is 0.0977. The summed E-state index contributed by atoms with van der Waals surface area (Å²) in [5.41, 5.74) is 3.67. The fraction of sp³-hybridized carbons (Fsp3) is 0.125. The first-order valence-electron chi connectivity index (χ1n) is 9.66. The molecule has 1 amide bonds. The molecule has 2 N–H and O–H groups in total. The summed E-state index contributed by atoms with van der Waals surface area (Å²) in [6, 6.07) is 22.1. The van der Waals surface area contributed by atoms with Crippen LogP contribution in [-0.2, 0) is 0 Å². The van der Waals surface area contributed by atoms with Crippen molar-refractivity contribution < 1.29 is 4.79 Å². The number of rotatable bonds is 4. The molecule has 4 aromatic rings. The van der Waals surface area contributed by atoms with Gasteiger partial charge in [-0.05, 0) is 52.7 Å². The van der Waals surface area contributed by atoms with Crippen molar-refractivity contribution in [3.8, 4) is 11.3 Å². The van der Waals surface area contributed by atoms with Crippen molar-refractivity contribution in [1.82, 2.24) is 10.3 Å². The van der Waals surface area contributed by atoms with Crippen molar-refractivity contribution in [1.29, 1.82) is 0 Å². The molecular formula is C24H21N3OS2. The highest BCUT2D eigenvalue weighted by Crippen LogP contribution is 2.27. The van der Waals surface area contributed by atoms with Gasteiger partial charge in [0.05, 0.1) is 5.69 Å². The molecule has 0 atom stereocenters. The van der Waals surface area contributed by atoms with Crippen LogP contribution >= 0.6 is 23.6 Å². The number of nitrogens with zero attached hydrogens (tertiary/aromatic N) is 1. The van der Waals surface area contributed by atoms with E-state index < -0.39 is 0 Å². The molecule has 30 heavy (non-hydrogen) atoms. The van der Waals surface area contributed by atoms with Gasteiger partial charge in [-0.2, -0.15) is 0 Å². The Morgan fingerprint density at radius 1 is 1.00 bits per heavy atom. The van der Waals surface area contributed by atoms with Gasteiger partial charge in [0.25, 0.3) is 5.91 Å². The molecule has 0 saturated carbocycles. The van der Waals surface area contributed by atoms with Crippen LogP contribution in [0.15, 0.2) is 72.1 Å². The van der Waals surface area contributed by atoms with E-state index in [1.54, 1.807) is 0 Å². The number of thiocarbonyl (C=S) groups is 1. The molecule has 0 spiro atoms. The first-order chi connectivity index (χ1) is 14.5. The van der Waals surface area contributed by atoms with Gasteiger partial charge in [0.1, 0.15) is 0 Å². The Labute approximate surface area is 185 Å². The van der Waals surface area contributed by atoms with E-state index in [2.05, 4.69) is 59.8 Å². The summed E-state index contributed by atoms with van der Waals surface area (Å²) in [4.78, 5) is 17.0. The van der Waals surface area contributed by atoms with Crippen molar-refractivity contribution in [3.63, 3.8) is 0 Å². The number of carbonyl (C=O) groups is 1. The Kier molecular flexibility index (Phi) is 5.88. The van der Waals surface area contributed by atoms with Crippen LogP contribution in [-0.4, -0.2) is 16.0 Å². The molecule has 4 rings (SSSR count). The van der Waals surface area contributed by atoms with Crippen LogP contribution in [0.1, 0.15) is 35.7 Å². The summed E-state index contributed by atoms with van der Waals surface area (Å²) in [5, 5.41) is 10.9. The molecule has 1 heterocycles. The third-order valence-electron chi connectivity index (χ3n) is 4.84. The number of nitrogens with one attached hydrogen (secondary N) is 2. The maximum atomic E-state index is 12.4. The molecule has 0 aliphatic carbocycles. The lowest BCUT2D eigenvalue weighted by Crippen LogP contribution is -2.34. The van der Waals surface area contributed by atoms with Crippen LogP contribution in [0.3, 0.4) is 0 Å². The molecule has 0 unspecified atom stereocenters. The average Bonchev–Trinajstić information content (AvgIpc) is 3.21. The molecule has 3 aromatic carbocycles. The van der Waals surface area contributed by atoms with Gasteiger partial charge in [0.2, 0.25) is 0 Å². The van der Waals surface area contributed by atoms with E-state index >= 15 is 0 Å². The topological polar surface area (TPSA) is 54.0 Å². The van der Waals surface area contributed by atoms with Crippen LogP contribution in [0.2, 0.25) is 0 Å². The zero-order chi connectivity index (χ0) is 21.1. The molecular weight excluding hydrogens is 410 g/mol. The second-order valence-electron chi connectivity index (χ2n) is 7.28. The number of anilines is 1. The summed E-state index contributed by atoms with van der Waals surface area (Å²) in [7, 11) is 0. The standard InChI is InChI=1S/C24H21N3OS2/c1-15(2)16-7-10-18(11-8-16)22(28)26-23(29)27-24-25-21(14-30-24)20-12-9-17-5-3-4-6-19(17)13-20/h3-15H,1-2H3,(H2,25,26,27,28,29). The van der Waals surface area contributed by atoms with Gasteiger partial charge in [-0.15, -0.1) is 11.3 Å². The largest absolute Gasteiger partial charge is 0.308 e. The molecule has 0 bridgehead atoms. The fourth-order valence-electron chi connectivity index (χ4n) is 3.14. The summed E-state index contributed by atoms with van der Waals surface area (Å²) < 4.78 is 0. The average molecular weight is 432 g/mol. The van der Waals surface area contributed by atoms with Crippen molar-refractivity contribution in [2.75, 3.05) is 5.32 Å². The number of thiazole rings is 1. The number of fused-ring (bicyclic) bond motifs is 1. The molecule has 150 valence electrons. The molecule has 6 heteroatoms. The Balaban J connectivity index is 1.41. The SMILES string of the molecule is CC(C)c1ccc(C(=O)NC(=S)Nc2nc(-c3ccc4ccccc4c3)cs2)cc1. The Hall–Kier alpha value is -3.09. The van der Waals surface area contributed by atoms with Gasteiger partial charge in [-0.3, -0.25) is 10.1 Å². The van der Waals surface area contributed by atoms with Crippen molar-refractivity contribution >= 4 is 50.5 Å². The number of carbonyl (C=O) groups excluding carboxylic acids is 1. The summed E-state index contributed by atoms with van der Waals surface area (Å²) >= 11 is 6.74. The second-order valence-corrected chi connectivity index (χ2v) is 8.55. The van der Waals surface area contributed by atoms with Crippen LogP contribution in [0.25, 0.3) is 22.0 Å². The first-order valence-corrected chi connectivity index (χ1v) is 11.0. The quantitative estimate of drug-likeness (QED) is 0.377. The number of aromatic nitrogens is 1. The lowest BCUT2D eigenvalue weighted by atomic mass is 10.0. The Bertz CT molecular complexity index is 1210. The van der Waals surface area contributed by atoms with Crippen LogP contribution < -0.4 is 10.6 Å². The van der Waals surface area contributed by atoms with Crippen molar-refractivity contribution in [2.24, 2.45) is 0 Å². The number of hydrogen-bond donors (Lipinski definition) is 2. The third kappa shape index (κ3) is 4.56. The Morgan fingerprint density at radius 2 is 1.73 bits per heavy atom. The monoisotopic (exact) mass is 431 g/mol. The molecule has 0 fully saturated rings. The van der Waals surface area contributed by atoms with Crippen LogP contribution in [0.4, 0.5) is 5.13 Å². The molecule has 0 radical (unpaired) electrons. The van der Waals surface area contributed by atoms with E-state index in [0.29, 0.717) is 16.6 Å². The minimum atomic E-state index is -0.242. The highest BCUT2D eigenvalue weighted by Gasteiger charge is 2.11. The van der Waals surface area contributed by atoms with Gasteiger partial charge < -0.3 is 5.32 Å². The summed E-state index contributed by atoms with van der Waals surface area (Å²) in [6.45, 7) is 4.24. The second kappa shape index (κ2) is 8.73. The van der Waals surface area contributed by atoms with Gasteiger partial charge in [-0.1, -0.05) is 62.4 Å². The molecule has 0 aliphatic rings. The highest BCUT2D eigenvalue weighted by atomic mass is 32.1. The van der Waals surface area contributed by atoms with E-state index in [1.807, 2.05) is 41.8 Å². The van der Waals surface area contributed by atoms with Gasteiger partial charge in [0.15, 0.2) is 10.2 Å². The first kappa shape index (κ1) is 20.2. The van der Waals surface area contributed by atoms with Gasteiger partial charge in [0, 0.05) is 16.5 Å². The predicted octanol–water partition coefficient (Wildman–Crippen LogP) is 6.21. The highest BCUT2D eigenvalue weighted by molar-refractivity contribution is 7.80. The lowest BCUT2D eigenvalue weighted by Gasteiger charge is -2.09. The zero-order valence-corrected chi connectivity index (χ0v) is 18.3. The summed E-state index contributed by atoms with van der Waals surface area (Å²) in [5.74, 6) is 0.181. The maximum Gasteiger partial charge on any atom is 0.257 e. The van der Waals surface area contributed by atoms with Crippen molar-refractivity contribution in [2.45, 2.75) is 19.8 Å². The van der Waals surface area contributed by atoms with Crippen LogP contribution in [0.5, 0.6) is 0 Å². The van der Waals surface area contributed by atoms with E-state index in [0.717, 1.165) is 11.3 Å². The molecule has 1 aromatic heterocycles. The van der Waals surface area contributed by atoms with E-state index in [9.17, 15) is 4.79 Å². The minimum absolute atomic E-state index is 0.229. The fourth-order valence-corrected chi connectivity index (χ4v) is 4.11. The molecule has 0 aliphatic heterocycles. The summed E-state index contributed by atoms with van der Waals surface area (Å²) in [6.07, 6.45) is 0. The van der Waals surface area contributed by atoms with Gasteiger partial charge in [-0.25, -0.2) is 4.98 Å². The van der Waals surface area contributed by atoms with Crippen LogP contribution in [0, 0.1) is 0 Å². The maximum absolute atomic E-state index is 12.4. The Morgan fingerprint density at radius 3 is 2.47 bits per heavy atom. The number of benzene rings is 3. The molecule has 0 saturated heterocycles. The van der Waals surface area contributed by atoms with Gasteiger partial charge >= 0.3 is 0 Å². The predicted molar refractivity (Wildman–Crippen MR) is 129 cm³/mol. The van der Waals surface area contributed by atoms with E-state index in [-0.39, 0.29) is 11.0 Å². The third-order valence-corrected chi connectivity index (χ3v) is 5.80. The number of hydrogen-bond acceptors (Lipinski definition) is 4. The van der Waals surface area contributed by atoms with Crippen molar-refractivity contribution in [3.05, 3.63) is 83.2 Å². The van der Waals surface area contributed by atoms with E-state index in [1.165, 1.54) is 27.7 Å². The normalized spacial score (nSPS) is 10.9. The van der Waals surface area contributed by atoms with E-state index in [4.69, 9.17) is 12.2 Å². The minimum Gasteiger partial charge on any atom is -0.308 e.